The molecule has 1 aliphatic rings. The summed E-state index contributed by atoms with van der Waals surface area (Å²) >= 11 is 6.13. The first kappa shape index (κ1) is 22.8. The summed E-state index contributed by atoms with van der Waals surface area (Å²) in [6, 6.07) is 15.8. The largest absolute Gasteiger partial charge is 0.351 e. The normalized spacial score (nSPS) is 20.1. The molecule has 2 aromatic carbocycles. The molecule has 3 rings (SSSR count). The van der Waals surface area contributed by atoms with Crippen LogP contribution in [0.15, 0.2) is 48.5 Å². The highest BCUT2D eigenvalue weighted by Gasteiger charge is 2.27. The SMILES string of the molecule is C[C@@H](C[C@H]1CC[C@@H](c2ccc(C(=O)NCCS(N)(=O)=O)cc2)C1)c1cccc(Cl)c1. The van der Waals surface area contributed by atoms with Crippen molar-refractivity contribution in [3.05, 3.63) is 70.2 Å². The Kier molecular flexibility index (Phi) is 7.55. The molecule has 1 saturated carbocycles. The lowest BCUT2D eigenvalue weighted by Crippen LogP contribution is -2.31. The van der Waals surface area contributed by atoms with Crippen LogP contribution < -0.4 is 10.5 Å². The van der Waals surface area contributed by atoms with E-state index < -0.39 is 10.0 Å². The molecule has 0 saturated heterocycles. The van der Waals surface area contributed by atoms with E-state index in [2.05, 4.69) is 24.4 Å². The molecule has 0 spiro atoms. The third-order valence-corrected chi connectivity index (χ3v) is 6.97. The van der Waals surface area contributed by atoms with E-state index in [1.54, 1.807) is 0 Å². The lowest BCUT2D eigenvalue weighted by Gasteiger charge is -2.18. The van der Waals surface area contributed by atoms with Gasteiger partial charge in [-0.1, -0.05) is 42.8 Å². The van der Waals surface area contributed by atoms with Crippen LogP contribution in [-0.4, -0.2) is 26.6 Å². The number of sulfonamides is 1. The van der Waals surface area contributed by atoms with Crippen molar-refractivity contribution in [2.75, 3.05) is 12.3 Å². The van der Waals surface area contributed by atoms with Crippen LogP contribution in [0.1, 0.15) is 65.9 Å². The van der Waals surface area contributed by atoms with Crippen LogP contribution in [0.3, 0.4) is 0 Å². The van der Waals surface area contributed by atoms with Crippen molar-refractivity contribution < 1.29 is 13.2 Å². The minimum absolute atomic E-state index is 0.00847. The van der Waals surface area contributed by atoms with Crippen molar-refractivity contribution in [2.45, 2.75) is 44.4 Å². The van der Waals surface area contributed by atoms with E-state index in [1.807, 2.05) is 36.4 Å². The fourth-order valence-electron chi connectivity index (χ4n) is 4.36. The number of primary sulfonamides is 1. The van der Waals surface area contributed by atoms with Gasteiger partial charge in [-0.3, -0.25) is 4.79 Å². The lowest BCUT2D eigenvalue weighted by molar-refractivity contribution is 0.0956. The van der Waals surface area contributed by atoms with Gasteiger partial charge in [0.15, 0.2) is 0 Å². The summed E-state index contributed by atoms with van der Waals surface area (Å²) in [5.41, 5.74) is 3.08. The Balaban J connectivity index is 1.52. The summed E-state index contributed by atoms with van der Waals surface area (Å²) in [4.78, 5) is 12.1. The molecule has 1 amide bonds. The summed E-state index contributed by atoms with van der Waals surface area (Å²) in [7, 11) is -3.58. The maximum atomic E-state index is 12.1. The van der Waals surface area contributed by atoms with Gasteiger partial charge in [0.1, 0.15) is 0 Å². The molecule has 1 aliphatic carbocycles. The summed E-state index contributed by atoms with van der Waals surface area (Å²) in [5.74, 6) is 1.13. The number of carbonyl (C=O) groups is 1. The lowest BCUT2D eigenvalue weighted by atomic mass is 9.88. The van der Waals surface area contributed by atoms with E-state index in [4.69, 9.17) is 16.7 Å². The summed E-state index contributed by atoms with van der Waals surface area (Å²) in [6.07, 6.45) is 4.68. The van der Waals surface area contributed by atoms with Gasteiger partial charge in [-0.05, 0) is 78.8 Å². The fourth-order valence-corrected chi connectivity index (χ4v) is 4.94. The smallest absolute Gasteiger partial charge is 0.251 e. The van der Waals surface area contributed by atoms with E-state index in [-0.39, 0.29) is 18.2 Å². The molecule has 0 heterocycles. The molecule has 30 heavy (non-hydrogen) atoms. The predicted octanol–water partition coefficient (Wildman–Crippen LogP) is 4.44. The van der Waals surface area contributed by atoms with Crippen molar-refractivity contribution >= 4 is 27.5 Å². The predicted molar refractivity (Wildman–Crippen MR) is 121 cm³/mol. The number of hydrogen-bond donors (Lipinski definition) is 2. The van der Waals surface area contributed by atoms with Crippen molar-refractivity contribution in [3.63, 3.8) is 0 Å². The second kappa shape index (κ2) is 9.94. The third-order valence-electron chi connectivity index (χ3n) is 5.96. The molecule has 0 bridgehead atoms. The number of halogens is 1. The zero-order valence-corrected chi connectivity index (χ0v) is 18.8. The fraction of sp³-hybridized carbons (Fsp3) is 0.435. The first-order valence-corrected chi connectivity index (χ1v) is 12.4. The number of nitrogens with two attached hydrogens (primary N) is 1. The van der Waals surface area contributed by atoms with Crippen LogP contribution in [0.25, 0.3) is 0 Å². The van der Waals surface area contributed by atoms with Crippen LogP contribution in [0.4, 0.5) is 0 Å². The zero-order valence-electron chi connectivity index (χ0n) is 17.2. The van der Waals surface area contributed by atoms with Crippen LogP contribution in [-0.2, 0) is 10.0 Å². The number of carbonyl (C=O) groups excluding carboxylic acids is 1. The van der Waals surface area contributed by atoms with Gasteiger partial charge < -0.3 is 5.32 Å². The van der Waals surface area contributed by atoms with Crippen molar-refractivity contribution in [1.29, 1.82) is 0 Å². The van der Waals surface area contributed by atoms with E-state index >= 15 is 0 Å². The molecular formula is C23H29ClN2O3S. The Morgan fingerprint density at radius 3 is 2.60 bits per heavy atom. The minimum atomic E-state index is -3.58. The number of rotatable bonds is 8. The molecule has 3 N–H and O–H groups in total. The van der Waals surface area contributed by atoms with Gasteiger partial charge in [-0.25, -0.2) is 13.6 Å². The Morgan fingerprint density at radius 2 is 1.93 bits per heavy atom. The van der Waals surface area contributed by atoms with E-state index in [9.17, 15) is 13.2 Å². The highest BCUT2D eigenvalue weighted by atomic mass is 35.5. The zero-order chi connectivity index (χ0) is 21.7. The standard InChI is InChI=1S/C23H29ClN2O3S/c1-16(20-3-2-4-22(24)15-20)13-17-5-6-21(14-17)18-7-9-19(10-8-18)23(27)26-11-12-30(25,28)29/h2-4,7-10,15-17,21H,5-6,11-14H2,1H3,(H,26,27)(H2,25,28,29)/t16-,17+,21+/m0/s1. The maximum Gasteiger partial charge on any atom is 0.251 e. The second-order valence-corrected chi connectivity index (χ2v) is 10.5. The monoisotopic (exact) mass is 448 g/mol. The summed E-state index contributed by atoms with van der Waals surface area (Å²) < 4.78 is 21.9. The van der Waals surface area contributed by atoms with Gasteiger partial charge in [0.05, 0.1) is 5.75 Å². The number of nitrogens with one attached hydrogen (secondary N) is 1. The molecule has 7 heteroatoms. The van der Waals surface area contributed by atoms with Crippen LogP contribution >= 0.6 is 11.6 Å². The van der Waals surface area contributed by atoms with Crippen molar-refractivity contribution in [1.82, 2.24) is 5.32 Å². The molecule has 5 nitrogen and oxygen atoms in total. The number of hydrogen-bond acceptors (Lipinski definition) is 3. The van der Waals surface area contributed by atoms with E-state index in [0.29, 0.717) is 23.3 Å². The van der Waals surface area contributed by atoms with Crippen LogP contribution in [0.2, 0.25) is 5.02 Å². The molecule has 2 aromatic rings. The van der Waals surface area contributed by atoms with Gasteiger partial charge in [-0.2, -0.15) is 0 Å². The third kappa shape index (κ3) is 6.56. The molecule has 0 aromatic heterocycles. The molecule has 0 aliphatic heterocycles. The molecule has 162 valence electrons. The number of amides is 1. The van der Waals surface area contributed by atoms with Crippen molar-refractivity contribution in [3.8, 4) is 0 Å². The van der Waals surface area contributed by atoms with Gasteiger partial charge in [0.25, 0.3) is 5.91 Å². The Bertz CT molecular complexity index is 976. The average Bonchev–Trinajstić information content (AvgIpc) is 3.15. The second-order valence-electron chi connectivity index (χ2n) is 8.31. The molecule has 1 fully saturated rings. The Labute approximate surface area is 184 Å². The minimum Gasteiger partial charge on any atom is -0.351 e. The number of benzene rings is 2. The van der Waals surface area contributed by atoms with Gasteiger partial charge in [-0.15, -0.1) is 0 Å². The average molecular weight is 449 g/mol. The van der Waals surface area contributed by atoms with Crippen LogP contribution in [0, 0.1) is 5.92 Å². The topological polar surface area (TPSA) is 89.3 Å². The van der Waals surface area contributed by atoms with Gasteiger partial charge in [0, 0.05) is 17.1 Å². The van der Waals surface area contributed by atoms with Gasteiger partial charge >= 0.3 is 0 Å². The Hall–Kier alpha value is -1.89. The van der Waals surface area contributed by atoms with Crippen LogP contribution in [0.5, 0.6) is 0 Å². The molecule has 0 unspecified atom stereocenters. The molecule has 3 atom stereocenters. The van der Waals surface area contributed by atoms with Gasteiger partial charge in [0.2, 0.25) is 10.0 Å². The van der Waals surface area contributed by atoms with E-state index in [1.165, 1.54) is 17.5 Å². The van der Waals surface area contributed by atoms with Crippen molar-refractivity contribution in [2.24, 2.45) is 11.1 Å². The maximum absolute atomic E-state index is 12.1. The van der Waals surface area contributed by atoms with E-state index in [0.717, 1.165) is 24.3 Å². The summed E-state index contributed by atoms with van der Waals surface area (Å²) in [6.45, 7) is 2.27. The Morgan fingerprint density at radius 1 is 1.20 bits per heavy atom. The summed E-state index contributed by atoms with van der Waals surface area (Å²) in [5, 5.41) is 8.32. The highest BCUT2D eigenvalue weighted by Crippen LogP contribution is 2.42. The first-order chi connectivity index (χ1) is 14.2. The molecule has 0 radical (unpaired) electrons. The first-order valence-electron chi connectivity index (χ1n) is 10.4. The molecular weight excluding hydrogens is 420 g/mol. The quantitative estimate of drug-likeness (QED) is 0.625. The highest BCUT2D eigenvalue weighted by molar-refractivity contribution is 7.89.